The van der Waals surface area contributed by atoms with Gasteiger partial charge in [-0.15, -0.1) is 0 Å². The van der Waals surface area contributed by atoms with Crippen LogP contribution in [0.5, 0.6) is 0 Å². The third-order valence-corrected chi connectivity index (χ3v) is 2.65. The Balaban J connectivity index is 1.86. The second kappa shape index (κ2) is 5.34. The molecule has 0 fully saturated rings. The van der Waals surface area contributed by atoms with Crippen LogP contribution < -0.4 is 5.32 Å². The Morgan fingerprint density at radius 3 is 2.76 bits per heavy atom. The summed E-state index contributed by atoms with van der Waals surface area (Å²) in [6.07, 6.45) is 1.86. The van der Waals surface area contributed by atoms with Crippen LogP contribution in [0.3, 0.4) is 0 Å². The van der Waals surface area contributed by atoms with Gasteiger partial charge in [-0.1, -0.05) is 24.3 Å². The van der Waals surface area contributed by atoms with Crippen molar-refractivity contribution in [3.8, 4) is 0 Å². The minimum Gasteiger partial charge on any atom is -0.469 e. The number of hydrogen-bond donors (Lipinski definition) is 1. The molecule has 1 aromatic heterocycles. The van der Waals surface area contributed by atoms with Crippen molar-refractivity contribution in [1.82, 2.24) is 5.32 Å². The monoisotopic (exact) mass is 229 g/mol. The van der Waals surface area contributed by atoms with E-state index in [2.05, 4.69) is 5.32 Å². The molecule has 0 aliphatic carbocycles. The van der Waals surface area contributed by atoms with Crippen LogP contribution in [0.2, 0.25) is 0 Å². The van der Waals surface area contributed by atoms with Crippen molar-refractivity contribution < 1.29 is 9.21 Å². The van der Waals surface area contributed by atoms with Gasteiger partial charge in [-0.2, -0.15) is 0 Å². The molecule has 2 aromatic rings. The first kappa shape index (κ1) is 11.5. The lowest BCUT2D eigenvalue weighted by atomic mass is 10.1. The van der Waals surface area contributed by atoms with Crippen LogP contribution in [-0.4, -0.2) is 5.91 Å². The molecule has 1 heterocycles. The van der Waals surface area contributed by atoms with Gasteiger partial charge in [-0.05, 0) is 30.2 Å². The maximum atomic E-state index is 11.6. The van der Waals surface area contributed by atoms with E-state index in [1.54, 1.807) is 18.4 Å². The Kier molecular flexibility index (Phi) is 3.60. The van der Waals surface area contributed by atoms with Gasteiger partial charge in [0.05, 0.1) is 12.7 Å². The van der Waals surface area contributed by atoms with Crippen LogP contribution in [0.25, 0.3) is 0 Å². The zero-order valence-electron chi connectivity index (χ0n) is 9.77. The zero-order chi connectivity index (χ0) is 12.1. The fourth-order valence-electron chi connectivity index (χ4n) is 1.64. The lowest BCUT2D eigenvalue weighted by Crippen LogP contribution is -2.24. The number of nitrogens with one attached hydrogen (secondary N) is 1. The highest BCUT2D eigenvalue weighted by molar-refractivity contribution is 5.77. The Hall–Kier alpha value is -2.03. The number of furan rings is 1. The topological polar surface area (TPSA) is 42.2 Å². The maximum absolute atomic E-state index is 11.6. The molecular weight excluding hydrogens is 214 g/mol. The summed E-state index contributed by atoms with van der Waals surface area (Å²) >= 11 is 0. The van der Waals surface area contributed by atoms with Gasteiger partial charge in [0.15, 0.2) is 0 Å². The Labute approximate surface area is 100 Å². The van der Waals surface area contributed by atoms with E-state index in [4.69, 9.17) is 4.42 Å². The zero-order valence-corrected chi connectivity index (χ0v) is 9.77. The quantitative estimate of drug-likeness (QED) is 0.875. The molecule has 0 bridgehead atoms. The predicted molar refractivity (Wildman–Crippen MR) is 65.4 cm³/mol. The highest BCUT2D eigenvalue weighted by Gasteiger charge is 2.05. The molecule has 0 unspecified atom stereocenters. The number of carbonyl (C=O) groups excluding carboxylic acids is 1. The van der Waals surface area contributed by atoms with E-state index < -0.39 is 0 Å². The van der Waals surface area contributed by atoms with Gasteiger partial charge in [0.25, 0.3) is 0 Å². The third-order valence-electron chi connectivity index (χ3n) is 2.65. The average Bonchev–Trinajstić information content (AvgIpc) is 2.81. The summed E-state index contributed by atoms with van der Waals surface area (Å²) in [4.78, 5) is 11.6. The molecule has 1 aromatic carbocycles. The molecule has 1 amide bonds. The molecule has 2 rings (SSSR count). The summed E-state index contributed by atoms with van der Waals surface area (Å²) < 4.78 is 5.12. The molecule has 0 aliphatic heterocycles. The van der Waals surface area contributed by atoms with Crippen LogP contribution in [0.4, 0.5) is 0 Å². The largest absolute Gasteiger partial charge is 0.469 e. The van der Waals surface area contributed by atoms with Gasteiger partial charge in [0.1, 0.15) is 5.76 Å². The average molecular weight is 229 g/mol. The lowest BCUT2D eigenvalue weighted by Gasteiger charge is -2.06. The Bertz CT molecular complexity index is 489. The van der Waals surface area contributed by atoms with Gasteiger partial charge in [0, 0.05) is 6.54 Å². The molecule has 0 radical (unpaired) electrons. The van der Waals surface area contributed by atoms with Crippen LogP contribution in [0.15, 0.2) is 47.1 Å². The van der Waals surface area contributed by atoms with Gasteiger partial charge < -0.3 is 9.73 Å². The first-order valence-electron chi connectivity index (χ1n) is 5.59. The van der Waals surface area contributed by atoms with E-state index in [1.165, 1.54) is 5.56 Å². The number of benzene rings is 1. The van der Waals surface area contributed by atoms with E-state index in [0.717, 1.165) is 5.56 Å². The van der Waals surface area contributed by atoms with Crippen LogP contribution >= 0.6 is 0 Å². The van der Waals surface area contributed by atoms with E-state index in [1.807, 2.05) is 31.2 Å². The number of aryl methyl sites for hydroxylation is 1. The Morgan fingerprint density at radius 1 is 1.24 bits per heavy atom. The molecule has 88 valence electrons. The van der Waals surface area contributed by atoms with Crippen molar-refractivity contribution in [3.63, 3.8) is 0 Å². The predicted octanol–water partition coefficient (Wildman–Crippen LogP) is 2.45. The van der Waals surface area contributed by atoms with Crippen LogP contribution in [-0.2, 0) is 17.8 Å². The highest BCUT2D eigenvalue weighted by Crippen LogP contribution is 2.06. The second-order valence-corrected chi connectivity index (χ2v) is 3.96. The molecule has 17 heavy (non-hydrogen) atoms. The van der Waals surface area contributed by atoms with E-state index >= 15 is 0 Å². The van der Waals surface area contributed by atoms with Crippen LogP contribution in [0, 0.1) is 6.92 Å². The summed E-state index contributed by atoms with van der Waals surface area (Å²) in [5.41, 5.74) is 2.33. The molecule has 1 N–H and O–H groups in total. The first-order chi connectivity index (χ1) is 8.25. The van der Waals surface area contributed by atoms with Crippen molar-refractivity contribution in [2.45, 2.75) is 19.9 Å². The number of hydrogen-bond acceptors (Lipinski definition) is 2. The van der Waals surface area contributed by atoms with Crippen molar-refractivity contribution in [2.75, 3.05) is 0 Å². The Morgan fingerprint density at radius 2 is 2.06 bits per heavy atom. The molecule has 0 atom stereocenters. The fourth-order valence-corrected chi connectivity index (χ4v) is 1.64. The number of amides is 1. The second-order valence-electron chi connectivity index (χ2n) is 3.96. The summed E-state index contributed by atoms with van der Waals surface area (Å²) in [6, 6.07) is 11.6. The SMILES string of the molecule is Cc1ccccc1CNC(=O)Cc1ccco1. The minimum atomic E-state index is -0.0248. The van der Waals surface area contributed by atoms with Crippen molar-refractivity contribution in [3.05, 3.63) is 59.5 Å². The van der Waals surface area contributed by atoms with Gasteiger partial charge in [-0.25, -0.2) is 0 Å². The summed E-state index contributed by atoms with van der Waals surface area (Å²) in [7, 11) is 0. The number of carbonyl (C=O) groups is 1. The molecule has 0 saturated carbocycles. The maximum Gasteiger partial charge on any atom is 0.227 e. The summed E-state index contributed by atoms with van der Waals surface area (Å²) in [5, 5.41) is 2.88. The summed E-state index contributed by atoms with van der Waals surface area (Å²) in [5.74, 6) is 0.662. The normalized spacial score (nSPS) is 10.2. The van der Waals surface area contributed by atoms with E-state index in [0.29, 0.717) is 18.7 Å². The summed E-state index contributed by atoms with van der Waals surface area (Å²) in [6.45, 7) is 2.60. The molecule has 3 heteroatoms. The standard InChI is InChI=1S/C14H15NO2/c1-11-5-2-3-6-12(11)10-15-14(16)9-13-7-4-8-17-13/h2-8H,9-10H2,1H3,(H,15,16). The third kappa shape index (κ3) is 3.21. The minimum absolute atomic E-state index is 0.0248. The van der Waals surface area contributed by atoms with Crippen molar-refractivity contribution in [2.24, 2.45) is 0 Å². The molecular formula is C14H15NO2. The molecule has 0 spiro atoms. The fraction of sp³-hybridized carbons (Fsp3) is 0.214. The first-order valence-corrected chi connectivity index (χ1v) is 5.59. The van der Waals surface area contributed by atoms with Gasteiger partial charge in [-0.3, -0.25) is 4.79 Å². The molecule has 0 aliphatic rings. The van der Waals surface area contributed by atoms with Gasteiger partial charge in [0.2, 0.25) is 5.91 Å². The van der Waals surface area contributed by atoms with Crippen molar-refractivity contribution >= 4 is 5.91 Å². The smallest absolute Gasteiger partial charge is 0.227 e. The van der Waals surface area contributed by atoms with Gasteiger partial charge >= 0.3 is 0 Å². The van der Waals surface area contributed by atoms with Crippen LogP contribution in [0.1, 0.15) is 16.9 Å². The van der Waals surface area contributed by atoms with Crippen molar-refractivity contribution in [1.29, 1.82) is 0 Å². The lowest BCUT2D eigenvalue weighted by molar-refractivity contribution is -0.120. The number of rotatable bonds is 4. The molecule has 3 nitrogen and oxygen atoms in total. The highest BCUT2D eigenvalue weighted by atomic mass is 16.3. The van der Waals surface area contributed by atoms with E-state index in [-0.39, 0.29) is 5.91 Å². The molecule has 0 saturated heterocycles. The van der Waals surface area contributed by atoms with E-state index in [9.17, 15) is 4.79 Å².